The number of hydrogen-bond donors (Lipinski definition) is 2. The molecular formula is C26H27N7. The quantitative estimate of drug-likeness (QED) is 0.365. The first-order valence-corrected chi connectivity index (χ1v) is 11.0. The minimum absolute atomic E-state index is 0.0792. The van der Waals surface area contributed by atoms with Gasteiger partial charge in [0.05, 0.1) is 22.9 Å². The molecule has 0 aliphatic heterocycles. The number of aromatic nitrogens is 5. The maximum atomic E-state index is 4.63. The third kappa shape index (κ3) is 3.86. The molecule has 0 unspecified atom stereocenters. The summed E-state index contributed by atoms with van der Waals surface area (Å²) in [5.74, 6) is 1.43. The van der Waals surface area contributed by atoms with Crippen LogP contribution in [0, 0.1) is 6.92 Å². The Kier molecular flexibility index (Phi) is 4.96. The summed E-state index contributed by atoms with van der Waals surface area (Å²) in [5.41, 5.74) is 5.26. The molecule has 5 rings (SSSR count). The lowest BCUT2D eigenvalue weighted by atomic mass is 9.94. The number of nitrogens with one attached hydrogen (secondary N) is 2. The summed E-state index contributed by atoms with van der Waals surface area (Å²) in [7, 11) is 1.82. The fourth-order valence-corrected chi connectivity index (χ4v) is 4.05. The van der Waals surface area contributed by atoms with E-state index < -0.39 is 0 Å². The summed E-state index contributed by atoms with van der Waals surface area (Å²) in [6.07, 6.45) is 7.56. The van der Waals surface area contributed by atoms with Crippen molar-refractivity contribution in [3.63, 3.8) is 0 Å². The van der Waals surface area contributed by atoms with Gasteiger partial charge in [0.15, 0.2) is 0 Å². The Morgan fingerprint density at radius 2 is 1.79 bits per heavy atom. The van der Waals surface area contributed by atoms with Gasteiger partial charge >= 0.3 is 0 Å². The zero-order valence-electron chi connectivity index (χ0n) is 19.5. The van der Waals surface area contributed by atoms with Gasteiger partial charge < -0.3 is 10.6 Å². The number of anilines is 3. The Balaban J connectivity index is 1.60. The van der Waals surface area contributed by atoms with E-state index in [-0.39, 0.29) is 5.54 Å². The molecule has 0 fully saturated rings. The Labute approximate surface area is 192 Å². The molecule has 0 saturated carbocycles. The van der Waals surface area contributed by atoms with Crippen LogP contribution >= 0.6 is 0 Å². The number of aryl methyl sites for hydroxylation is 1. The first-order chi connectivity index (χ1) is 15.8. The fourth-order valence-electron chi connectivity index (χ4n) is 4.05. The highest BCUT2D eigenvalue weighted by molar-refractivity contribution is 6.04. The normalized spacial score (nSPS) is 11.8. The molecule has 7 heteroatoms. The molecule has 5 aromatic rings. The monoisotopic (exact) mass is 437 g/mol. The summed E-state index contributed by atoms with van der Waals surface area (Å²) in [4.78, 5) is 13.6. The molecule has 0 spiro atoms. The van der Waals surface area contributed by atoms with Crippen LogP contribution in [-0.4, -0.2) is 31.8 Å². The third-order valence-corrected chi connectivity index (χ3v) is 5.78. The Morgan fingerprint density at radius 1 is 0.939 bits per heavy atom. The largest absolute Gasteiger partial charge is 0.357 e. The average Bonchev–Trinajstić information content (AvgIpc) is 3.28. The number of pyridine rings is 1. The minimum Gasteiger partial charge on any atom is -0.357 e. The second-order valence-corrected chi connectivity index (χ2v) is 9.20. The summed E-state index contributed by atoms with van der Waals surface area (Å²) >= 11 is 0. The van der Waals surface area contributed by atoms with Crippen LogP contribution in [0.15, 0.2) is 61.2 Å². The molecule has 0 atom stereocenters. The molecule has 2 aromatic carbocycles. The molecule has 0 aliphatic carbocycles. The molecule has 0 amide bonds. The van der Waals surface area contributed by atoms with Gasteiger partial charge in [0, 0.05) is 36.4 Å². The van der Waals surface area contributed by atoms with E-state index in [4.69, 9.17) is 0 Å². The van der Waals surface area contributed by atoms with Crippen molar-refractivity contribution in [2.45, 2.75) is 33.2 Å². The number of rotatable bonds is 4. The molecule has 7 nitrogen and oxygen atoms in total. The molecule has 3 heterocycles. The lowest BCUT2D eigenvalue weighted by Crippen LogP contribution is -2.21. The molecule has 2 N–H and O–H groups in total. The van der Waals surface area contributed by atoms with E-state index in [0.29, 0.717) is 5.95 Å². The molecule has 33 heavy (non-hydrogen) atoms. The molecule has 166 valence electrons. The highest BCUT2D eigenvalue weighted by Crippen LogP contribution is 2.36. The smallest absolute Gasteiger partial charge is 0.222 e. The standard InChI is InChI=1S/C26H27N7/c1-16-6-8-21-20(10-11-28-24(21)31-19-14-30-33(15-19)26(2,3)4)23(16)17-7-9-22-18(12-17)13-29-25(27-5)32-22/h6-15H,1-5H3,(H,28,31)(H,27,29,32). The molecule has 0 bridgehead atoms. The van der Waals surface area contributed by atoms with E-state index in [0.717, 1.165) is 38.7 Å². The van der Waals surface area contributed by atoms with Gasteiger partial charge in [-0.25, -0.2) is 15.0 Å². The van der Waals surface area contributed by atoms with Crippen molar-refractivity contribution in [2.75, 3.05) is 17.7 Å². The summed E-state index contributed by atoms with van der Waals surface area (Å²) in [6, 6.07) is 12.7. The predicted octanol–water partition coefficient (Wildman–Crippen LogP) is 5.89. The van der Waals surface area contributed by atoms with Crippen molar-refractivity contribution in [1.82, 2.24) is 24.7 Å². The second-order valence-electron chi connectivity index (χ2n) is 9.20. The summed E-state index contributed by atoms with van der Waals surface area (Å²) in [5, 5.41) is 14.1. The maximum Gasteiger partial charge on any atom is 0.222 e. The highest BCUT2D eigenvalue weighted by Gasteiger charge is 2.16. The molecule has 0 saturated heterocycles. The number of hydrogen-bond acceptors (Lipinski definition) is 6. The molecular weight excluding hydrogens is 410 g/mol. The van der Waals surface area contributed by atoms with E-state index >= 15 is 0 Å². The Bertz CT molecular complexity index is 1480. The Morgan fingerprint density at radius 3 is 2.55 bits per heavy atom. The second kappa shape index (κ2) is 7.85. The van der Waals surface area contributed by atoms with Crippen LogP contribution in [0.3, 0.4) is 0 Å². The first-order valence-electron chi connectivity index (χ1n) is 11.0. The predicted molar refractivity (Wildman–Crippen MR) is 135 cm³/mol. The third-order valence-electron chi connectivity index (χ3n) is 5.78. The van der Waals surface area contributed by atoms with Gasteiger partial charge in [0.1, 0.15) is 5.82 Å². The van der Waals surface area contributed by atoms with Gasteiger partial charge in [0.25, 0.3) is 0 Å². The zero-order chi connectivity index (χ0) is 23.2. The van der Waals surface area contributed by atoms with Crippen molar-refractivity contribution < 1.29 is 0 Å². The lowest BCUT2D eigenvalue weighted by Gasteiger charge is -2.18. The van der Waals surface area contributed by atoms with Gasteiger partial charge in [-0.05, 0) is 68.0 Å². The van der Waals surface area contributed by atoms with Crippen molar-refractivity contribution in [3.05, 3.63) is 66.7 Å². The van der Waals surface area contributed by atoms with Crippen LogP contribution in [-0.2, 0) is 5.54 Å². The van der Waals surface area contributed by atoms with Gasteiger partial charge in [-0.15, -0.1) is 0 Å². The van der Waals surface area contributed by atoms with E-state index in [1.165, 1.54) is 11.1 Å². The van der Waals surface area contributed by atoms with Crippen LogP contribution in [0.5, 0.6) is 0 Å². The topological polar surface area (TPSA) is 80.5 Å². The van der Waals surface area contributed by atoms with Gasteiger partial charge in [-0.2, -0.15) is 5.10 Å². The zero-order valence-corrected chi connectivity index (χ0v) is 19.5. The lowest BCUT2D eigenvalue weighted by molar-refractivity contribution is 0.355. The first kappa shape index (κ1) is 20.9. The van der Waals surface area contributed by atoms with Crippen LogP contribution in [0.25, 0.3) is 32.8 Å². The minimum atomic E-state index is -0.0792. The van der Waals surface area contributed by atoms with Crippen molar-refractivity contribution in [2.24, 2.45) is 0 Å². The van der Waals surface area contributed by atoms with Crippen molar-refractivity contribution >= 4 is 39.1 Å². The maximum absolute atomic E-state index is 4.63. The van der Waals surface area contributed by atoms with E-state index in [1.807, 2.05) is 42.6 Å². The van der Waals surface area contributed by atoms with Crippen LogP contribution in [0.2, 0.25) is 0 Å². The van der Waals surface area contributed by atoms with E-state index in [9.17, 15) is 0 Å². The van der Waals surface area contributed by atoms with Gasteiger partial charge in [-0.1, -0.05) is 18.2 Å². The van der Waals surface area contributed by atoms with Crippen LogP contribution in [0.4, 0.5) is 17.5 Å². The van der Waals surface area contributed by atoms with Crippen molar-refractivity contribution in [3.8, 4) is 11.1 Å². The van der Waals surface area contributed by atoms with Crippen LogP contribution < -0.4 is 10.6 Å². The summed E-state index contributed by atoms with van der Waals surface area (Å²) in [6.45, 7) is 8.52. The van der Waals surface area contributed by atoms with E-state index in [2.05, 4.69) is 88.7 Å². The number of fused-ring (bicyclic) bond motifs is 2. The number of benzene rings is 2. The SMILES string of the molecule is CNc1ncc2cc(-c3c(C)ccc4c(Nc5cnn(C(C)(C)C)c5)nccc34)ccc2n1. The summed E-state index contributed by atoms with van der Waals surface area (Å²) < 4.78 is 1.95. The highest BCUT2D eigenvalue weighted by atomic mass is 15.3. The molecule has 0 radical (unpaired) electrons. The Hall–Kier alpha value is -4.00. The molecule has 0 aliphatic rings. The van der Waals surface area contributed by atoms with Crippen LogP contribution in [0.1, 0.15) is 26.3 Å². The average molecular weight is 438 g/mol. The number of nitrogens with zero attached hydrogens (tertiary/aromatic N) is 5. The van der Waals surface area contributed by atoms with Gasteiger partial charge in [0.2, 0.25) is 5.95 Å². The van der Waals surface area contributed by atoms with E-state index in [1.54, 1.807) is 0 Å². The van der Waals surface area contributed by atoms with Gasteiger partial charge in [-0.3, -0.25) is 4.68 Å². The van der Waals surface area contributed by atoms with Crippen molar-refractivity contribution in [1.29, 1.82) is 0 Å². The fraction of sp³-hybridized carbons (Fsp3) is 0.231. The molecule has 3 aromatic heterocycles.